The van der Waals surface area contributed by atoms with Gasteiger partial charge in [-0.05, 0) is 38.7 Å². The number of nitrogens with one attached hydrogen (secondary N) is 2. The molecule has 5 nitrogen and oxygen atoms in total. The number of aryl methyl sites for hydroxylation is 1. The molecular weight excluding hydrogens is 268 g/mol. The van der Waals surface area contributed by atoms with E-state index in [1.165, 1.54) is 5.56 Å². The molecule has 0 fully saturated rings. The van der Waals surface area contributed by atoms with Crippen LogP contribution in [0.5, 0.6) is 0 Å². The minimum atomic E-state index is -1.02. The van der Waals surface area contributed by atoms with Gasteiger partial charge in [-0.3, -0.25) is 0 Å². The summed E-state index contributed by atoms with van der Waals surface area (Å²) in [6.45, 7) is 5.58. The van der Waals surface area contributed by atoms with Crippen molar-refractivity contribution < 1.29 is 14.7 Å². The van der Waals surface area contributed by atoms with E-state index in [2.05, 4.69) is 10.6 Å². The fourth-order valence-corrected chi connectivity index (χ4v) is 2.00. The zero-order valence-electron chi connectivity index (χ0n) is 12.8. The molecule has 116 valence electrons. The lowest BCUT2D eigenvalue weighted by Gasteiger charge is -2.27. The molecule has 1 aromatic rings. The smallest absolute Gasteiger partial charge is 0.326 e. The second-order valence-corrected chi connectivity index (χ2v) is 5.77. The van der Waals surface area contributed by atoms with Crippen LogP contribution in [0.25, 0.3) is 0 Å². The van der Waals surface area contributed by atoms with Crippen molar-refractivity contribution in [3.05, 3.63) is 35.9 Å². The number of rotatable bonds is 7. The molecule has 0 bridgehead atoms. The highest BCUT2D eigenvalue weighted by Gasteiger charge is 2.23. The maximum Gasteiger partial charge on any atom is 0.326 e. The van der Waals surface area contributed by atoms with E-state index in [1.807, 2.05) is 44.2 Å². The Hall–Kier alpha value is -2.04. The van der Waals surface area contributed by atoms with Crippen LogP contribution >= 0.6 is 0 Å². The molecule has 0 radical (unpaired) electrons. The Balaban J connectivity index is 2.47. The number of carbonyl (C=O) groups excluding carboxylic acids is 1. The molecule has 0 aliphatic rings. The number of hydrogen-bond acceptors (Lipinski definition) is 2. The van der Waals surface area contributed by atoms with Gasteiger partial charge in [0, 0.05) is 5.54 Å². The molecule has 1 rings (SSSR count). The summed E-state index contributed by atoms with van der Waals surface area (Å²) in [4.78, 5) is 22.8. The summed E-state index contributed by atoms with van der Waals surface area (Å²) in [7, 11) is 0. The average molecular weight is 292 g/mol. The normalized spacial score (nSPS) is 12.5. The summed E-state index contributed by atoms with van der Waals surface area (Å²) in [6, 6.07) is 8.75. The molecular formula is C16H24N2O3. The number of hydrogen-bond donors (Lipinski definition) is 3. The molecule has 0 spiro atoms. The van der Waals surface area contributed by atoms with Gasteiger partial charge in [0.1, 0.15) is 6.04 Å². The molecule has 1 aromatic carbocycles. The maximum atomic E-state index is 11.9. The van der Waals surface area contributed by atoms with Crippen LogP contribution in [0.2, 0.25) is 0 Å². The lowest BCUT2D eigenvalue weighted by Crippen LogP contribution is -2.52. The predicted molar refractivity (Wildman–Crippen MR) is 82.2 cm³/mol. The van der Waals surface area contributed by atoms with E-state index < -0.39 is 23.6 Å². The minimum Gasteiger partial charge on any atom is -0.480 e. The highest BCUT2D eigenvalue weighted by Crippen LogP contribution is 2.13. The first-order valence-corrected chi connectivity index (χ1v) is 7.19. The number of carbonyl (C=O) groups is 2. The highest BCUT2D eigenvalue weighted by molar-refractivity contribution is 5.82. The summed E-state index contributed by atoms with van der Waals surface area (Å²) in [5, 5.41) is 14.2. The van der Waals surface area contributed by atoms with Gasteiger partial charge in [-0.15, -0.1) is 0 Å². The van der Waals surface area contributed by atoms with Gasteiger partial charge in [0.2, 0.25) is 0 Å². The van der Waals surface area contributed by atoms with Gasteiger partial charge < -0.3 is 15.7 Å². The predicted octanol–water partition coefficient (Wildman–Crippen LogP) is 2.56. The number of benzene rings is 1. The van der Waals surface area contributed by atoms with E-state index in [-0.39, 0.29) is 0 Å². The number of urea groups is 1. The van der Waals surface area contributed by atoms with Gasteiger partial charge in [-0.25, -0.2) is 9.59 Å². The zero-order valence-corrected chi connectivity index (χ0v) is 12.8. The molecule has 0 aromatic heterocycles. The number of aliphatic carboxylic acids is 1. The monoisotopic (exact) mass is 292 g/mol. The van der Waals surface area contributed by atoms with Gasteiger partial charge in [0.25, 0.3) is 0 Å². The summed E-state index contributed by atoms with van der Waals surface area (Å²) in [5.41, 5.74) is 0.807. The lowest BCUT2D eigenvalue weighted by atomic mass is 9.95. The molecule has 0 heterocycles. The molecule has 0 saturated carbocycles. The fourth-order valence-electron chi connectivity index (χ4n) is 2.00. The molecule has 0 aliphatic carbocycles. The Kier molecular flexibility index (Phi) is 6.21. The van der Waals surface area contributed by atoms with E-state index in [4.69, 9.17) is 5.11 Å². The standard InChI is InChI=1S/C16H24N2O3/c1-4-13(14(19)20)17-15(21)18-16(2,3)11-10-12-8-6-5-7-9-12/h5-9,13H,4,10-11H2,1-3H3,(H,19,20)(H2,17,18,21)/t13-/m1/s1. The third kappa shape index (κ3) is 6.29. The minimum absolute atomic E-state index is 0.354. The second kappa shape index (κ2) is 7.67. The fraction of sp³-hybridized carbons (Fsp3) is 0.500. The first kappa shape index (κ1) is 17.0. The highest BCUT2D eigenvalue weighted by atomic mass is 16.4. The second-order valence-electron chi connectivity index (χ2n) is 5.77. The zero-order chi connectivity index (χ0) is 15.9. The lowest BCUT2D eigenvalue weighted by molar-refractivity contribution is -0.139. The Morgan fingerprint density at radius 3 is 2.38 bits per heavy atom. The van der Waals surface area contributed by atoms with Gasteiger partial charge in [0.15, 0.2) is 0 Å². The molecule has 2 amide bonds. The number of carboxylic acids is 1. The van der Waals surface area contributed by atoms with Crippen LogP contribution in [0.3, 0.4) is 0 Å². The molecule has 3 N–H and O–H groups in total. The molecule has 0 saturated heterocycles. The van der Waals surface area contributed by atoms with Crippen molar-refractivity contribution >= 4 is 12.0 Å². The van der Waals surface area contributed by atoms with Crippen molar-refractivity contribution in [3.8, 4) is 0 Å². The Bertz CT molecular complexity index is 472. The van der Waals surface area contributed by atoms with Gasteiger partial charge in [-0.1, -0.05) is 37.3 Å². The molecule has 0 unspecified atom stereocenters. The summed E-state index contributed by atoms with van der Waals surface area (Å²) >= 11 is 0. The van der Waals surface area contributed by atoms with E-state index in [9.17, 15) is 9.59 Å². The molecule has 5 heteroatoms. The Morgan fingerprint density at radius 1 is 1.24 bits per heavy atom. The third-order valence-electron chi connectivity index (χ3n) is 3.35. The third-order valence-corrected chi connectivity index (χ3v) is 3.35. The van der Waals surface area contributed by atoms with Crippen LogP contribution in [0.15, 0.2) is 30.3 Å². The molecule has 0 aliphatic heterocycles. The van der Waals surface area contributed by atoms with Gasteiger partial charge in [-0.2, -0.15) is 0 Å². The van der Waals surface area contributed by atoms with E-state index in [1.54, 1.807) is 6.92 Å². The van der Waals surface area contributed by atoms with Crippen molar-refractivity contribution in [1.82, 2.24) is 10.6 Å². The molecule has 21 heavy (non-hydrogen) atoms. The van der Waals surface area contributed by atoms with Crippen LogP contribution in [-0.2, 0) is 11.2 Å². The van der Waals surface area contributed by atoms with Crippen LogP contribution in [0.4, 0.5) is 4.79 Å². The van der Waals surface area contributed by atoms with E-state index in [0.717, 1.165) is 12.8 Å². The van der Waals surface area contributed by atoms with E-state index >= 15 is 0 Å². The SMILES string of the molecule is CC[C@@H](NC(=O)NC(C)(C)CCc1ccccc1)C(=O)O. The summed E-state index contributed by atoms with van der Waals surface area (Å²) in [5.74, 6) is -1.02. The quantitative estimate of drug-likeness (QED) is 0.722. The van der Waals surface area contributed by atoms with Crippen molar-refractivity contribution in [2.24, 2.45) is 0 Å². The first-order valence-electron chi connectivity index (χ1n) is 7.19. The first-order chi connectivity index (χ1) is 9.84. The number of carboxylic acid groups (broad SMARTS) is 1. The van der Waals surface area contributed by atoms with E-state index in [0.29, 0.717) is 6.42 Å². The van der Waals surface area contributed by atoms with Crippen molar-refractivity contribution in [3.63, 3.8) is 0 Å². The van der Waals surface area contributed by atoms with Crippen LogP contribution in [0.1, 0.15) is 39.2 Å². The van der Waals surface area contributed by atoms with Crippen molar-refractivity contribution in [1.29, 1.82) is 0 Å². The summed E-state index contributed by atoms with van der Waals surface area (Å²) < 4.78 is 0. The van der Waals surface area contributed by atoms with Crippen molar-refractivity contribution in [2.45, 2.75) is 51.6 Å². The Morgan fingerprint density at radius 2 is 1.86 bits per heavy atom. The maximum absolute atomic E-state index is 11.9. The van der Waals surface area contributed by atoms with Gasteiger partial charge >= 0.3 is 12.0 Å². The Labute approximate surface area is 125 Å². The average Bonchev–Trinajstić information content (AvgIpc) is 2.43. The largest absolute Gasteiger partial charge is 0.480 e. The summed E-state index contributed by atoms with van der Waals surface area (Å²) in [6.07, 6.45) is 1.98. The van der Waals surface area contributed by atoms with Gasteiger partial charge in [0.05, 0.1) is 0 Å². The van der Waals surface area contributed by atoms with Crippen LogP contribution in [0, 0.1) is 0 Å². The van der Waals surface area contributed by atoms with Crippen LogP contribution < -0.4 is 10.6 Å². The van der Waals surface area contributed by atoms with Crippen molar-refractivity contribution in [2.75, 3.05) is 0 Å². The number of amides is 2. The molecule has 1 atom stereocenters. The topological polar surface area (TPSA) is 78.4 Å². The van der Waals surface area contributed by atoms with Crippen LogP contribution in [-0.4, -0.2) is 28.7 Å².